The van der Waals surface area contributed by atoms with E-state index in [1.807, 2.05) is 0 Å². The van der Waals surface area contributed by atoms with Gasteiger partial charge in [0.05, 0.1) is 5.69 Å². The number of benzene rings is 2. The maximum Gasteiger partial charge on any atom is 0.160 e. The summed E-state index contributed by atoms with van der Waals surface area (Å²) in [5.41, 5.74) is 8.44. The molecule has 108 valence electrons. The minimum atomic E-state index is 0.842. The predicted octanol–water partition coefficient (Wildman–Crippen LogP) is 4.53. The van der Waals surface area contributed by atoms with Crippen LogP contribution in [0.25, 0.3) is 22.6 Å². The molecule has 0 bridgehead atoms. The standard InChI is InChI=1S/C20H18N2/c1-13-3-7-15(8-4-13)19-17-11-12-18(17)21-20(22-19)16-9-5-14(2)6-10-16/h3-10H,11-12H2,1-2H3. The first-order valence-corrected chi connectivity index (χ1v) is 7.74. The van der Waals surface area contributed by atoms with E-state index in [1.165, 1.54) is 27.9 Å². The fourth-order valence-corrected chi connectivity index (χ4v) is 2.85. The van der Waals surface area contributed by atoms with Crippen LogP contribution in [-0.2, 0) is 12.8 Å². The topological polar surface area (TPSA) is 25.8 Å². The zero-order valence-corrected chi connectivity index (χ0v) is 12.9. The third-order valence-electron chi connectivity index (χ3n) is 4.34. The van der Waals surface area contributed by atoms with Crippen molar-refractivity contribution in [3.05, 3.63) is 70.9 Å². The molecule has 2 heteroatoms. The zero-order chi connectivity index (χ0) is 15.1. The second-order valence-corrected chi connectivity index (χ2v) is 6.05. The minimum Gasteiger partial charge on any atom is -0.233 e. The number of nitrogens with zero attached hydrogens (tertiary/aromatic N) is 2. The first-order valence-electron chi connectivity index (χ1n) is 7.74. The maximum absolute atomic E-state index is 4.87. The van der Waals surface area contributed by atoms with Gasteiger partial charge in [0, 0.05) is 22.4 Å². The summed E-state index contributed by atoms with van der Waals surface area (Å²) < 4.78 is 0. The summed E-state index contributed by atoms with van der Waals surface area (Å²) in [6.07, 6.45) is 2.16. The van der Waals surface area contributed by atoms with Crippen molar-refractivity contribution in [1.29, 1.82) is 0 Å². The molecule has 4 rings (SSSR count). The van der Waals surface area contributed by atoms with Gasteiger partial charge in [-0.2, -0.15) is 0 Å². The summed E-state index contributed by atoms with van der Waals surface area (Å²) in [5.74, 6) is 0.842. The second kappa shape index (κ2) is 5.06. The lowest BCUT2D eigenvalue weighted by molar-refractivity contribution is 0.779. The Kier molecular flexibility index (Phi) is 3.04. The van der Waals surface area contributed by atoms with Gasteiger partial charge < -0.3 is 0 Å². The number of hydrogen-bond donors (Lipinski definition) is 0. The summed E-state index contributed by atoms with van der Waals surface area (Å²) in [6, 6.07) is 17.1. The molecule has 1 aliphatic carbocycles. The van der Waals surface area contributed by atoms with Gasteiger partial charge in [-0.15, -0.1) is 0 Å². The Balaban J connectivity index is 1.85. The van der Waals surface area contributed by atoms with E-state index in [9.17, 15) is 0 Å². The monoisotopic (exact) mass is 286 g/mol. The SMILES string of the molecule is Cc1ccc(-c2nc3c(c(-c4ccc(C)cc4)n2)CC3)cc1. The maximum atomic E-state index is 4.87. The normalized spacial score (nSPS) is 12.6. The molecule has 0 unspecified atom stereocenters. The lowest BCUT2D eigenvalue weighted by Gasteiger charge is -2.22. The fourth-order valence-electron chi connectivity index (χ4n) is 2.85. The molecule has 2 aromatic carbocycles. The van der Waals surface area contributed by atoms with E-state index in [1.54, 1.807) is 0 Å². The van der Waals surface area contributed by atoms with E-state index in [0.29, 0.717) is 0 Å². The van der Waals surface area contributed by atoms with E-state index in [0.717, 1.165) is 29.9 Å². The third kappa shape index (κ3) is 2.21. The van der Waals surface area contributed by atoms with Gasteiger partial charge in [-0.05, 0) is 26.7 Å². The number of aryl methyl sites for hydroxylation is 3. The molecule has 0 radical (unpaired) electrons. The van der Waals surface area contributed by atoms with Crippen molar-refractivity contribution in [2.75, 3.05) is 0 Å². The van der Waals surface area contributed by atoms with Gasteiger partial charge in [0.25, 0.3) is 0 Å². The molecule has 0 aliphatic heterocycles. The fraction of sp³-hybridized carbons (Fsp3) is 0.200. The van der Waals surface area contributed by atoms with Gasteiger partial charge in [0.15, 0.2) is 5.82 Å². The van der Waals surface area contributed by atoms with E-state index in [2.05, 4.69) is 62.4 Å². The van der Waals surface area contributed by atoms with Crippen molar-refractivity contribution in [2.45, 2.75) is 26.7 Å². The van der Waals surface area contributed by atoms with Crippen LogP contribution in [0, 0.1) is 13.8 Å². The largest absolute Gasteiger partial charge is 0.233 e. The van der Waals surface area contributed by atoms with E-state index in [-0.39, 0.29) is 0 Å². The Hall–Kier alpha value is -2.48. The second-order valence-electron chi connectivity index (χ2n) is 6.05. The van der Waals surface area contributed by atoms with Gasteiger partial charge in [0.1, 0.15) is 0 Å². The van der Waals surface area contributed by atoms with Crippen LogP contribution in [0.3, 0.4) is 0 Å². The average Bonchev–Trinajstić information content (AvgIpc) is 2.50. The minimum absolute atomic E-state index is 0.842. The summed E-state index contributed by atoms with van der Waals surface area (Å²) in [6.45, 7) is 4.21. The quantitative estimate of drug-likeness (QED) is 0.692. The summed E-state index contributed by atoms with van der Waals surface area (Å²) >= 11 is 0. The summed E-state index contributed by atoms with van der Waals surface area (Å²) in [7, 11) is 0. The highest BCUT2D eigenvalue weighted by Crippen LogP contribution is 2.33. The van der Waals surface area contributed by atoms with E-state index in [4.69, 9.17) is 9.97 Å². The molecule has 0 atom stereocenters. The Morgan fingerprint density at radius 3 is 1.82 bits per heavy atom. The summed E-state index contributed by atoms with van der Waals surface area (Å²) in [4.78, 5) is 9.63. The van der Waals surface area contributed by atoms with Crippen molar-refractivity contribution in [3.63, 3.8) is 0 Å². The van der Waals surface area contributed by atoms with Gasteiger partial charge >= 0.3 is 0 Å². The van der Waals surface area contributed by atoms with Crippen molar-refractivity contribution in [2.24, 2.45) is 0 Å². The molecular formula is C20H18N2. The number of aromatic nitrogens is 2. The number of hydrogen-bond acceptors (Lipinski definition) is 2. The molecular weight excluding hydrogens is 268 g/mol. The van der Waals surface area contributed by atoms with Crippen LogP contribution in [0.1, 0.15) is 22.4 Å². The van der Waals surface area contributed by atoms with Crippen LogP contribution < -0.4 is 0 Å². The Labute approximate surface area is 130 Å². The van der Waals surface area contributed by atoms with Crippen LogP contribution in [0.5, 0.6) is 0 Å². The van der Waals surface area contributed by atoms with Gasteiger partial charge in [-0.3, -0.25) is 0 Å². The van der Waals surface area contributed by atoms with E-state index >= 15 is 0 Å². The molecule has 0 saturated carbocycles. The Morgan fingerprint density at radius 2 is 1.27 bits per heavy atom. The molecule has 0 spiro atoms. The molecule has 22 heavy (non-hydrogen) atoms. The van der Waals surface area contributed by atoms with Gasteiger partial charge in [-0.1, -0.05) is 59.7 Å². The summed E-state index contributed by atoms with van der Waals surface area (Å²) in [5, 5.41) is 0. The highest BCUT2D eigenvalue weighted by molar-refractivity contribution is 5.69. The third-order valence-corrected chi connectivity index (χ3v) is 4.34. The van der Waals surface area contributed by atoms with Crippen LogP contribution in [0.15, 0.2) is 48.5 Å². The Bertz CT molecular complexity index is 831. The smallest absolute Gasteiger partial charge is 0.160 e. The van der Waals surface area contributed by atoms with Crippen LogP contribution >= 0.6 is 0 Å². The molecule has 1 aromatic heterocycles. The lowest BCUT2D eigenvalue weighted by Crippen LogP contribution is -2.15. The van der Waals surface area contributed by atoms with Crippen LogP contribution in [-0.4, -0.2) is 9.97 Å². The van der Waals surface area contributed by atoms with Crippen molar-refractivity contribution < 1.29 is 0 Å². The number of rotatable bonds is 2. The molecule has 0 saturated heterocycles. The first-order chi connectivity index (χ1) is 10.7. The molecule has 2 nitrogen and oxygen atoms in total. The van der Waals surface area contributed by atoms with Crippen LogP contribution in [0.4, 0.5) is 0 Å². The highest BCUT2D eigenvalue weighted by Gasteiger charge is 2.22. The molecule has 0 N–H and O–H groups in total. The molecule has 1 heterocycles. The molecule has 0 fully saturated rings. The van der Waals surface area contributed by atoms with Gasteiger partial charge in [0.2, 0.25) is 0 Å². The first kappa shape index (κ1) is 13.2. The van der Waals surface area contributed by atoms with E-state index < -0.39 is 0 Å². The zero-order valence-electron chi connectivity index (χ0n) is 12.9. The lowest BCUT2D eigenvalue weighted by atomic mass is 9.89. The Morgan fingerprint density at radius 1 is 0.682 bits per heavy atom. The van der Waals surface area contributed by atoms with Crippen molar-refractivity contribution >= 4 is 0 Å². The molecule has 1 aliphatic rings. The van der Waals surface area contributed by atoms with Crippen molar-refractivity contribution in [3.8, 4) is 22.6 Å². The molecule has 3 aromatic rings. The van der Waals surface area contributed by atoms with Gasteiger partial charge in [-0.25, -0.2) is 9.97 Å². The predicted molar refractivity (Wildman–Crippen MR) is 89.8 cm³/mol. The van der Waals surface area contributed by atoms with Crippen molar-refractivity contribution in [1.82, 2.24) is 9.97 Å². The molecule has 0 amide bonds. The highest BCUT2D eigenvalue weighted by atomic mass is 14.9. The number of fused-ring (bicyclic) bond motifs is 1. The average molecular weight is 286 g/mol. The van der Waals surface area contributed by atoms with Crippen LogP contribution in [0.2, 0.25) is 0 Å².